The molecule has 40 heavy (non-hydrogen) atoms. The van der Waals surface area contributed by atoms with Crippen LogP contribution in [0.2, 0.25) is 0 Å². The van der Waals surface area contributed by atoms with Gasteiger partial charge >= 0.3 is 0 Å². The molecule has 214 valence electrons. The number of hydrogen-bond acceptors (Lipinski definition) is 4. The minimum atomic E-state index is -0.120. The van der Waals surface area contributed by atoms with Gasteiger partial charge in [0.1, 0.15) is 23.1 Å². The standard InChI is InChI=1S/C36H46O4/c1-5-12-30(34(6-2)36(40)20-26(4)37)21-27-13-7-8-15-29(25(3)19-32(38)22-27)23-33(39)24-31-17-11-16-28-14-9-10-18-35(28)31/h8-11,14-18,27,30,34H,5-7,12-13,19-24H2,1-4H3. The molecule has 0 bridgehead atoms. The Labute approximate surface area is 240 Å². The first kappa shape index (κ1) is 31.4. The maximum absolute atomic E-state index is 13.2. The third-order valence-electron chi connectivity index (χ3n) is 8.38. The summed E-state index contributed by atoms with van der Waals surface area (Å²) in [5, 5.41) is 2.25. The van der Waals surface area contributed by atoms with Crippen molar-refractivity contribution in [3.05, 3.63) is 71.3 Å². The molecule has 0 radical (unpaired) electrons. The third kappa shape index (κ3) is 9.21. The summed E-state index contributed by atoms with van der Waals surface area (Å²) in [6.45, 7) is 7.62. The Bertz CT molecular complexity index is 1260. The van der Waals surface area contributed by atoms with Gasteiger partial charge in [-0.3, -0.25) is 19.2 Å². The molecule has 2 aromatic rings. The first-order valence-electron chi connectivity index (χ1n) is 15.1. The fraction of sp³-hybridized carbons (Fsp3) is 0.500. The Kier molecular flexibility index (Phi) is 12.2. The molecule has 1 aliphatic rings. The topological polar surface area (TPSA) is 68.3 Å². The lowest BCUT2D eigenvalue weighted by Crippen LogP contribution is -2.27. The zero-order valence-corrected chi connectivity index (χ0v) is 24.8. The van der Waals surface area contributed by atoms with Crippen LogP contribution < -0.4 is 0 Å². The van der Waals surface area contributed by atoms with E-state index in [0.29, 0.717) is 25.7 Å². The van der Waals surface area contributed by atoms with Gasteiger partial charge in [-0.05, 0) is 73.3 Å². The molecule has 0 saturated carbocycles. The van der Waals surface area contributed by atoms with Crippen LogP contribution in [0, 0.1) is 17.8 Å². The molecule has 0 spiro atoms. The summed E-state index contributed by atoms with van der Waals surface area (Å²) in [6.07, 6.45) is 11.0. The molecule has 1 aliphatic carbocycles. The van der Waals surface area contributed by atoms with Gasteiger partial charge in [0.15, 0.2) is 0 Å². The number of rotatable bonds is 13. The maximum atomic E-state index is 13.2. The van der Waals surface area contributed by atoms with Crippen LogP contribution in [0.1, 0.15) is 97.5 Å². The fourth-order valence-corrected chi connectivity index (χ4v) is 6.43. The zero-order valence-electron chi connectivity index (χ0n) is 24.8. The summed E-state index contributed by atoms with van der Waals surface area (Å²) >= 11 is 0. The van der Waals surface area contributed by atoms with Crippen LogP contribution in [-0.2, 0) is 25.6 Å². The number of hydrogen-bond donors (Lipinski definition) is 0. The van der Waals surface area contributed by atoms with Gasteiger partial charge in [-0.2, -0.15) is 0 Å². The second-order valence-electron chi connectivity index (χ2n) is 11.7. The first-order chi connectivity index (χ1) is 19.2. The summed E-state index contributed by atoms with van der Waals surface area (Å²) in [7, 11) is 0. The van der Waals surface area contributed by atoms with Gasteiger partial charge in [-0.15, -0.1) is 0 Å². The van der Waals surface area contributed by atoms with Crippen LogP contribution in [0.25, 0.3) is 10.8 Å². The van der Waals surface area contributed by atoms with Gasteiger partial charge in [-0.25, -0.2) is 0 Å². The van der Waals surface area contributed by atoms with E-state index in [-0.39, 0.29) is 47.3 Å². The Hall–Kier alpha value is -3.14. The summed E-state index contributed by atoms with van der Waals surface area (Å²) in [6, 6.07) is 14.2. The van der Waals surface area contributed by atoms with Gasteiger partial charge in [0.05, 0.1) is 6.42 Å². The van der Waals surface area contributed by atoms with Gasteiger partial charge in [0.2, 0.25) is 0 Å². The highest BCUT2D eigenvalue weighted by Gasteiger charge is 2.29. The summed E-state index contributed by atoms with van der Waals surface area (Å²) in [5.41, 5.74) is 2.97. The van der Waals surface area contributed by atoms with Crippen molar-refractivity contribution in [1.82, 2.24) is 0 Å². The Morgan fingerprint density at radius 3 is 2.48 bits per heavy atom. The molecule has 0 amide bonds. The van der Waals surface area contributed by atoms with Gasteiger partial charge in [0, 0.05) is 31.6 Å². The second-order valence-corrected chi connectivity index (χ2v) is 11.7. The minimum Gasteiger partial charge on any atom is -0.300 e. The van der Waals surface area contributed by atoms with Crippen molar-refractivity contribution >= 4 is 33.9 Å². The lowest BCUT2D eigenvalue weighted by Gasteiger charge is -2.29. The number of fused-ring (bicyclic) bond motifs is 1. The molecule has 0 saturated heterocycles. The Morgan fingerprint density at radius 2 is 1.75 bits per heavy atom. The highest BCUT2D eigenvalue weighted by Crippen LogP contribution is 2.34. The Balaban J connectivity index is 1.68. The number of benzene rings is 2. The normalized spacial score (nSPS) is 18.0. The van der Waals surface area contributed by atoms with Crippen molar-refractivity contribution in [3.8, 4) is 0 Å². The number of carbonyl (C=O) groups excluding carboxylic acids is 4. The van der Waals surface area contributed by atoms with Gasteiger partial charge < -0.3 is 0 Å². The van der Waals surface area contributed by atoms with Crippen LogP contribution in [0.5, 0.6) is 0 Å². The highest BCUT2D eigenvalue weighted by atomic mass is 16.1. The molecule has 4 heteroatoms. The monoisotopic (exact) mass is 542 g/mol. The van der Waals surface area contributed by atoms with Crippen molar-refractivity contribution < 1.29 is 19.2 Å². The maximum Gasteiger partial charge on any atom is 0.143 e. The lowest BCUT2D eigenvalue weighted by atomic mass is 9.75. The van der Waals surface area contributed by atoms with Crippen molar-refractivity contribution in [2.45, 2.75) is 98.3 Å². The van der Waals surface area contributed by atoms with E-state index >= 15 is 0 Å². The average molecular weight is 543 g/mol. The smallest absolute Gasteiger partial charge is 0.143 e. The van der Waals surface area contributed by atoms with Gasteiger partial charge in [0.25, 0.3) is 0 Å². The molecular formula is C36H46O4. The Morgan fingerprint density at radius 1 is 1.00 bits per heavy atom. The molecule has 2 aromatic carbocycles. The van der Waals surface area contributed by atoms with E-state index in [9.17, 15) is 19.2 Å². The molecule has 3 rings (SSSR count). The van der Waals surface area contributed by atoms with Crippen LogP contribution >= 0.6 is 0 Å². The fourth-order valence-electron chi connectivity index (χ4n) is 6.43. The van der Waals surface area contributed by atoms with E-state index in [1.807, 2.05) is 38.1 Å². The predicted molar refractivity (Wildman–Crippen MR) is 163 cm³/mol. The molecule has 0 N–H and O–H groups in total. The van der Waals surface area contributed by atoms with E-state index in [1.165, 1.54) is 6.92 Å². The number of ketones is 4. The summed E-state index contributed by atoms with van der Waals surface area (Å²) in [4.78, 5) is 50.8. The number of Topliss-reactive ketones (excluding diaryl/α,β-unsaturated/α-hetero) is 4. The number of allylic oxidation sites excluding steroid dienone is 4. The van der Waals surface area contributed by atoms with Crippen LogP contribution in [0.3, 0.4) is 0 Å². The van der Waals surface area contributed by atoms with Crippen molar-refractivity contribution in [2.24, 2.45) is 17.8 Å². The quantitative estimate of drug-likeness (QED) is 0.239. The SMILES string of the molecule is CCCC(CC1CCC=CC(CC(=O)Cc2cccc3ccccc23)=C(C)CC(=O)C1)C(CC)C(=O)CC(C)=O. The zero-order chi connectivity index (χ0) is 29.1. The molecular weight excluding hydrogens is 496 g/mol. The molecule has 3 atom stereocenters. The van der Waals surface area contributed by atoms with Crippen molar-refractivity contribution in [3.63, 3.8) is 0 Å². The lowest BCUT2D eigenvalue weighted by molar-refractivity contribution is -0.130. The first-order valence-corrected chi connectivity index (χ1v) is 15.1. The van der Waals surface area contributed by atoms with Crippen LogP contribution in [0.15, 0.2) is 65.8 Å². The van der Waals surface area contributed by atoms with Crippen molar-refractivity contribution in [1.29, 1.82) is 0 Å². The van der Waals surface area contributed by atoms with Crippen LogP contribution in [0.4, 0.5) is 0 Å². The third-order valence-corrected chi connectivity index (χ3v) is 8.38. The molecule has 0 aliphatic heterocycles. The van der Waals surface area contributed by atoms with Gasteiger partial charge in [-0.1, -0.05) is 86.9 Å². The molecule has 0 heterocycles. The van der Waals surface area contributed by atoms with Crippen LogP contribution in [-0.4, -0.2) is 23.1 Å². The van der Waals surface area contributed by atoms with E-state index in [4.69, 9.17) is 0 Å². The van der Waals surface area contributed by atoms with Crippen molar-refractivity contribution in [2.75, 3.05) is 0 Å². The largest absolute Gasteiger partial charge is 0.300 e. The summed E-state index contributed by atoms with van der Waals surface area (Å²) in [5.74, 6) is 0.630. The van der Waals surface area contributed by atoms with E-state index in [2.05, 4.69) is 37.3 Å². The average Bonchev–Trinajstić information content (AvgIpc) is 2.90. The van der Waals surface area contributed by atoms with E-state index < -0.39 is 0 Å². The molecule has 4 nitrogen and oxygen atoms in total. The molecule has 0 aromatic heterocycles. The number of carbonyl (C=O) groups is 4. The predicted octanol–water partition coefficient (Wildman–Crippen LogP) is 8.35. The minimum absolute atomic E-state index is 0.0110. The van der Waals surface area contributed by atoms with E-state index in [1.54, 1.807) is 0 Å². The highest BCUT2D eigenvalue weighted by molar-refractivity contribution is 5.99. The molecule has 0 fully saturated rings. The molecule has 3 unspecified atom stereocenters. The second kappa shape index (κ2) is 15.6. The summed E-state index contributed by atoms with van der Waals surface area (Å²) < 4.78 is 0. The van der Waals surface area contributed by atoms with E-state index in [0.717, 1.165) is 66.0 Å².